The molecule has 1 aromatic rings. The van der Waals surface area contributed by atoms with E-state index in [9.17, 15) is 13.5 Å². The Labute approximate surface area is 108 Å². The molecule has 0 bridgehead atoms. The Kier molecular flexibility index (Phi) is 4.72. The van der Waals surface area contributed by atoms with Gasteiger partial charge in [-0.25, -0.2) is 13.1 Å². The van der Waals surface area contributed by atoms with E-state index in [0.29, 0.717) is 11.3 Å². The number of aryl methyl sites for hydroxylation is 1. The molecule has 0 saturated carbocycles. The molecule has 0 radical (unpaired) electrons. The van der Waals surface area contributed by atoms with Gasteiger partial charge in [-0.2, -0.15) is 0 Å². The number of aliphatic hydroxyl groups is 1. The lowest BCUT2D eigenvalue weighted by molar-refractivity contribution is 0.227. The molecule has 0 aliphatic carbocycles. The number of hydrogen-bond donors (Lipinski definition) is 3. The first-order valence-corrected chi connectivity index (χ1v) is 7.25. The van der Waals surface area contributed by atoms with Crippen LogP contribution >= 0.6 is 0 Å². The van der Waals surface area contributed by atoms with Gasteiger partial charge in [0.2, 0.25) is 10.0 Å². The molecule has 1 aromatic carbocycles. The molecule has 0 aromatic heterocycles. The largest absolute Gasteiger partial charge is 0.399 e. The van der Waals surface area contributed by atoms with Crippen molar-refractivity contribution in [3.8, 4) is 0 Å². The number of benzene rings is 1. The van der Waals surface area contributed by atoms with Crippen LogP contribution in [0.25, 0.3) is 0 Å². The molecular weight excluding hydrogens is 252 g/mol. The number of sulfonamides is 1. The number of nitrogens with two attached hydrogens (primary N) is 1. The molecule has 0 fully saturated rings. The van der Waals surface area contributed by atoms with Crippen LogP contribution in [0.2, 0.25) is 0 Å². The zero-order valence-electron chi connectivity index (χ0n) is 10.8. The maximum Gasteiger partial charge on any atom is 0.241 e. The lowest BCUT2D eigenvalue weighted by atomic mass is 10.1. The number of hydrogen-bond acceptors (Lipinski definition) is 4. The van der Waals surface area contributed by atoms with Crippen molar-refractivity contribution >= 4 is 15.7 Å². The highest BCUT2D eigenvalue weighted by molar-refractivity contribution is 7.89. The topological polar surface area (TPSA) is 92.4 Å². The second-order valence-electron chi connectivity index (χ2n) is 4.68. The summed E-state index contributed by atoms with van der Waals surface area (Å²) in [6.07, 6.45) is 0. The van der Waals surface area contributed by atoms with Crippen molar-refractivity contribution in [2.24, 2.45) is 5.92 Å². The summed E-state index contributed by atoms with van der Waals surface area (Å²) in [4.78, 5) is 0.191. The summed E-state index contributed by atoms with van der Waals surface area (Å²) in [5.41, 5.74) is 6.70. The molecule has 0 amide bonds. The third-order valence-electron chi connectivity index (χ3n) is 2.80. The van der Waals surface area contributed by atoms with Crippen molar-refractivity contribution in [1.82, 2.24) is 4.72 Å². The molecule has 5 nitrogen and oxygen atoms in total. The zero-order valence-corrected chi connectivity index (χ0v) is 11.7. The molecule has 0 unspecified atom stereocenters. The van der Waals surface area contributed by atoms with Crippen LogP contribution < -0.4 is 10.5 Å². The minimum atomic E-state index is -3.63. The molecule has 6 heteroatoms. The monoisotopic (exact) mass is 272 g/mol. The third kappa shape index (κ3) is 3.44. The van der Waals surface area contributed by atoms with Gasteiger partial charge >= 0.3 is 0 Å². The first-order valence-electron chi connectivity index (χ1n) is 5.77. The number of nitrogen functional groups attached to an aromatic ring is 1. The van der Waals surface area contributed by atoms with E-state index in [4.69, 9.17) is 5.73 Å². The van der Waals surface area contributed by atoms with E-state index < -0.39 is 16.1 Å². The van der Waals surface area contributed by atoms with Gasteiger partial charge in [0.25, 0.3) is 0 Å². The number of nitrogens with one attached hydrogen (secondary N) is 1. The van der Waals surface area contributed by atoms with E-state index >= 15 is 0 Å². The van der Waals surface area contributed by atoms with Gasteiger partial charge in [-0.15, -0.1) is 0 Å². The van der Waals surface area contributed by atoms with Crippen molar-refractivity contribution < 1.29 is 13.5 Å². The Morgan fingerprint density at radius 1 is 1.39 bits per heavy atom. The van der Waals surface area contributed by atoms with E-state index in [0.717, 1.165) is 0 Å². The Morgan fingerprint density at radius 2 is 2.00 bits per heavy atom. The molecular formula is C12H20N2O3S. The second kappa shape index (κ2) is 5.69. The highest BCUT2D eigenvalue weighted by Gasteiger charge is 2.23. The van der Waals surface area contributed by atoms with Gasteiger partial charge in [0.05, 0.1) is 11.5 Å². The fourth-order valence-corrected chi connectivity index (χ4v) is 3.22. The van der Waals surface area contributed by atoms with Gasteiger partial charge in [-0.1, -0.05) is 13.8 Å². The van der Waals surface area contributed by atoms with Gasteiger partial charge in [0, 0.05) is 11.7 Å². The van der Waals surface area contributed by atoms with Gasteiger partial charge < -0.3 is 10.8 Å². The summed E-state index contributed by atoms with van der Waals surface area (Å²) < 4.78 is 26.9. The molecule has 4 N–H and O–H groups in total. The number of anilines is 1. The molecule has 0 spiro atoms. The van der Waals surface area contributed by atoms with Crippen LogP contribution in [-0.2, 0) is 10.0 Å². The molecule has 102 valence electrons. The smallest absolute Gasteiger partial charge is 0.241 e. The minimum absolute atomic E-state index is 0.0128. The number of aliphatic hydroxyl groups excluding tert-OH is 1. The fourth-order valence-electron chi connectivity index (χ4n) is 1.62. The van der Waals surface area contributed by atoms with Crippen molar-refractivity contribution in [2.45, 2.75) is 31.7 Å². The maximum atomic E-state index is 12.2. The van der Waals surface area contributed by atoms with Gasteiger partial charge in [-0.3, -0.25) is 0 Å². The quantitative estimate of drug-likeness (QED) is 0.694. The van der Waals surface area contributed by atoms with Crippen molar-refractivity contribution in [3.05, 3.63) is 23.8 Å². The summed E-state index contributed by atoms with van der Waals surface area (Å²) in [6, 6.07) is 4.14. The predicted octanol–water partition coefficient (Wildman–Crippen LogP) is 0.872. The standard InChI is InChI=1S/C12H20N2O3S/c1-8(2)11(7-15)14-18(16,17)12-5-4-10(13)6-9(12)3/h4-6,8,11,14-15H,7,13H2,1-3H3/t11-/m1/s1. The van der Waals surface area contributed by atoms with Gasteiger partial charge in [-0.05, 0) is 36.6 Å². The molecule has 0 aliphatic heterocycles. The van der Waals surface area contributed by atoms with E-state index in [2.05, 4.69) is 4.72 Å². The van der Waals surface area contributed by atoms with E-state index in [1.54, 1.807) is 19.1 Å². The van der Waals surface area contributed by atoms with Crippen LogP contribution in [0.1, 0.15) is 19.4 Å². The summed E-state index contributed by atoms with van der Waals surface area (Å²) in [5, 5.41) is 9.17. The Bertz CT molecular complexity index is 512. The summed E-state index contributed by atoms with van der Waals surface area (Å²) in [5.74, 6) is 0.0128. The lowest BCUT2D eigenvalue weighted by Gasteiger charge is -2.20. The van der Waals surface area contributed by atoms with E-state index in [1.807, 2.05) is 13.8 Å². The first-order chi connectivity index (χ1) is 8.27. The Hall–Kier alpha value is -1.11. The predicted molar refractivity (Wildman–Crippen MR) is 71.6 cm³/mol. The molecule has 0 saturated heterocycles. The van der Waals surface area contributed by atoms with Crippen LogP contribution in [0.4, 0.5) is 5.69 Å². The average molecular weight is 272 g/mol. The highest BCUT2D eigenvalue weighted by Crippen LogP contribution is 2.18. The minimum Gasteiger partial charge on any atom is -0.399 e. The first kappa shape index (κ1) is 14.9. The Morgan fingerprint density at radius 3 is 2.44 bits per heavy atom. The van der Waals surface area contributed by atoms with Crippen LogP contribution in [0.3, 0.4) is 0 Å². The average Bonchev–Trinajstić information content (AvgIpc) is 2.24. The summed E-state index contributed by atoms with van der Waals surface area (Å²) >= 11 is 0. The van der Waals surface area contributed by atoms with Crippen LogP contribution in [-0.4, -0.2) is 26.2 Å². The van der Waals surface area contributed by atoms with Crippen LogP contribution in [0.15, 0.2) is 23.1 Å². The molecule has 0 aliphatic rings. The van der Waals surface area contributed by atoms with Gasteiger partial charge in [0.1, 0.15) is 0 Å². The fraction of sp³-hybridized carbons (Fsp3) is 0.500. The molecule has 1 atom stereocenters. The van der Waals surface area contributed by atoms with E-state index in [-0.39, 0.29) is 17.4 Å². The Balaban J connectivity index is 3.06. The maximum absolute atomic E-state index is 12.2. The van der Waals surface area contributed by atoms with Gasteiger partial charge in [0.15, 0.2) is 0 Å². The molecule has 18 heavy (non-hydrogen) atoms. The third-order valence-corrected chi connectivity index (χ3v) is 4.45. The molecule has 0 heterocycles. The van der Waals surface area contributed by atoms with Crippen molar-refractivity contribution in [2.75, 3.05) is 12.3 Å². The zero-order chi connectivity index (χ0) is 13.9. The molecule has 1 rings (SSSR count). The van der Waals surface area contributed by atoms with Crippen molar-refractivity contribution in [1.29, 1.82) is 0 Å². The summed E-state index contributed by atoms with van der Waals surface area (Å²) in [7, 11) is -3.63. The van der Waals surface area contributed by atoms with Crippen LogP contribution in [0, 0.1) is 12.8 Å². The van der Waals surface area contributed by atoms with Crippen LogP contribution in [0.5, 0.6) is 0 Å². The normalized spacial score (nSPS) is 13.8. The SMILES string of the molecule is Cc1cc(N)ccc1S(=O)(=O)N[C@H](CO)C(C)C. The lowest BCUT2D eigenvalue weighted by Crippen LogP contribution is -2.41. The second-order valence-corrected chi connectivity index (χ2v) is 6.36. The number of rotatable bonds is 5. The van der Waals surface area contributed by atoms with E-state index in [1.165, 1.54) is 6.07 Å². The summed E-state index contributed by atoms with van der Waals surface area (Å²) in [6.45, 7) is 5.15. The van der Waals surface area contributed by atoms with Crippen molar-refractivity contribution in [3.63, 3.8) is 0 Å². The highest BCUT2D eigenvalue weighted by atomic mass is 32.2.